The molecule has 0 N–H and O–H groups in total. The third kappa shape index (κ3) is 27.4. The van der Waals surface area contributed by atoms with Crippen LogP contribution in [0.15, 0.2) is 24.3 Å². The Morgan fingerprint density at radius 1 is 0.789 bits per heavy atom. The maximum Gasteiger partial charge on any atom is 4.00 e. The van der Waals surface area contributed by atoms with Gasteiger partial charge < -0.3 is 20.1 Å². The fourth-order valence-electron chi connectivity index (χ4n) is 0.770. The molecule has 1 rings (SSSR count). The van der Waals surface area contributed by atoms with Crippen molar-refractivity contribution in [1.29, 1.82) is 0 Å². The van der Waals surface area contributed by atoms with E-state index in [9.17, 15) is 4.11 Å². The predicted octanol–water partition coefficient (Wildman–Crippen LogP) is 3.64. The first-order chi connectivity index (χ1) is 8.35. The molecule has 1 aromatic rings. The number of hydrogen-bond acceptors (Lipinski definition) is 0. The first kappa shape index (κ1) is 27.6. The molecule has 0 saturated carbocycles. The number of nitrogens with zero attached hydrogens (tertiary/aromatic N) is 3. The Hall–Kier alpha value is 0.247. The van der Waals surface area contributed by atoms with Crippen molar-refractivity contribution in [2.24, 2.45) is 0 Å². The van der Waals surface area contributed by atoms with Gasteiger partial charge in [-0.2, -0.15) is 54.4 Å². The summed E-state index contributed by atoms with van der Waals surface area (Å²) in [7, 11) is 8.02. The molecule has 0 saturated heterocycles. The monoisotopic (exact) mass is 453 g/mol. The number of hydrogen-bond donors (Lipinski definition) is 0. The first-order valence-corrected chi connectivity index (χ1v) is 8.58. The zero-order valence-electron chi connectivity index (χ0n) is 13.5. The largest absolute Gasteiger partial charge is 4.00 e. The Balaban J connectivity index is -0.0000000956. The third-order valence-electron chi connectivity index (χ3n) is 1.35. The standard InChI is InChI=1S/C7H10FSi.3C2H6N.Hf/c1-9(2,8)7-5-3-4-6-7;3*1-3-2;/h3-6H,1-2H3;3*1-2H3;/q4*-1;+4. The number of rotatable bonds is 1. The van der Waals surface area contributed by atoms with E-state index >= 15 is 0 Å². The molecule has 6 heteroatoms. The second kappa shape index (κ2) is 20.6. The Bertz CT molecular complexity index is 222. The van der Waals surface area contributed by atoms with Crippen LogP contribution < -0.4 is 5.19 Å². The molecule has 0 aliphatic heterocycles. The Kier molecular flexibility index (Phi) is 29.8. The fraction of sp³-hybridized carbons (Fsp3) is 0.615. The number of halogens is 1. The average molecular weight is 452 g/mol. The minimum atomic E-state index is -2.48. The van der Waals surface area contributed by atoms with E-state index in [1.165, 1.54) is 0 Å². The summed E-state index contributed by atoms with van der Waals surface area (Å²) in [4.78, 5) is 0. The molecule has 110 valence electrons. The van der Waals surface area contributed by atoms with Crippen LogP contribution in [-0.2, 0) is 25.8 Å². The van der Waals surface area contributed by atoms with Crippen molar-refractivity contribution in [1.82, 2.24) is 0 Å². The van der Waals surface area contributed by atoms with Crippen LogP contribution in [0.1, 0.15) is 0 Å². The summed E-state index contributed by atoms with van der Waals surface area (Å²) < 4.78 is 13.1. The fourth-order valence-corrected chi connectivity index (χ4v) is 1.76. The normalized spacial score (nSPS) is 8.47. The van der Waals surface area contributed by atoms with E-state index in [2.05, 4.69) is 16.0 Å². The molecule has 0 atom stereocenters. The average Bonchev–Trinajstić information content (AvgIpc) is 2.72. The summed E-state index contributed by atoms with van der Waals surface area (Å²) in [5, 5.41) is 11.4. The summed E-state index contributed by atoms with van der Waals surface area (Å²) in [6.45, 7) is 3.39. The van der Waals surface area contributed by atoms with E-state index in [0.29, 0.717) is 0 Å². The molecule has 19 heavy (non-hydrogen) atoms. The zero-order chi connectivity index (χ0) is 15.0. The van der Waals surface area contributed by atoms with Gasteiger partial charge in [0, 0.05) is 0 Å². The zero-order valence-corrected chi connectivity index (χ0v) is 18.1. The van der Waals surface area contributed by atoms with Crippen LogP contribution >= 0.6 is 0 Å². The minimum Gasteiger partial charge on any atom is -0.668 e. The van der Waals surface area contributed by atoms with Gasteiger partial charge >= 0.3 is 25.8 Å². The maximum absolute atomic E-state index is 13.1. The Morgan fingerprint density at radius 3 is 1.11 bits per heavy atom. The molecule has 0 bridgehead atoms. The molecule has 0 aromatic heterocycles. The van der Waals surface area contributed by atoms with Crippen molar-refractivity contribution in [3.05, 3.63) is 40.2 Å². The van der Waals surface area contributed by atoms with Gasteiger partial charge in [-0.3, -0.25) is 0 Å². The van der Waals surface area contributed by atoms with Gasteiger partial charge in [0.05, 0.1) is 0 Å². The van der Waals surface area contributed by atoms with Gasteiger partial charge in [-0.15, -0.1) is 5.19 Å². The molecule has 0 amide bonds. The second-order valence-corrected chi connectivity index (χ2v) is 7.51. The van der Waals surface area contributed by atoms with E-state index in [0.717, 1.165) is 5.19 Å². The van der Waals surface area contributed by atoms with Crippen molar-refractivity contribution < 1.29 is 30.0 Å². The van der Waals surface area contributed by atoms with Gasteiger partial charge in [-0.05, 0) is 13.1 Å². The van der Waals surface area contributed by atoms with Crippen LogP contribution in [0.3, 0.4) is 0 Å². The van der Waals surface area contributed by atoms with Crippen LogP contribution in [0.4, 0.5) is 4.11 Å². The Morgan fingerprint density at radius 2 is 1.00 bits per heavy atom. The van der Waals surface area contributed by atoms with E-state index in [4.69, 9.17) is 0 Å². The van der Waals surface area contributed by atoms with Gasteiger partial charge in [0.25, 0.3) is 0 Å². The molecule has 0 heterocycles. The maximum atomic E-state index is 13.1. The van der Waals surface area contributed by atoms with E-state index in [1.54, 1.807) is 55.4 Å². The van der Waals surface area contributed by atoms with Crippen LogP contribution in [0.5, 0.6) is 0 Å². The smallest absolute Gasteiger partial charge is 0.668 e. The van der Waals surface area contributed by atoms with Crippen molar-refractivity contribution >= 4 is 13.6 Å². The molecule has 0 fully saturated rings. The molecule has 0 aliphatic carbocycles. The third-order valence-corrected chi connectivity index (χ3v) is 3.06. The molecular weight excluding hydrogens is 424 g/mol. The van der Waals surface area contributed by atoms with Crippen molar-refractivity contribution in [2.75, 3.05) is 42.3 Å². The van der Waals surface area contributed by atoms with E-state index in [1.807, 2.05) is 24.3 Å². The van der Waals surface area contributed by atoms with Crippen molar-refractivity contribution in [2.45, 2.75) is 13.1 Å². The topological polar surface area (TPSA) is 42.3 Å². The van der Waals surface area contributed by atoms with Gasteiger partial charge in [0.15, 0.2) is 0 Å². The molecular formula is C13H28FHfN3Si. The molecule has 0 aliphatic rings. The van der Waals surface area contributed by atoms with E-state index in [-0.39, 0.29) is 25.8 Å². The van der Waals surface area contributed by atoms with Gasteiger partial charge in [-0.25, -0.2) is 12.1 Å². The van der Waals surface area contributed by atoms with Crippen LogP contribution in [0, 0.1) is 0 Å². The van der Waals surface area contributed by atoms with Gasteiger partial charge in [0.1, 0.15) is 0 Å². The second-order valence-electron chi connectivity index (χ2n) is 3.99. The molecule has 0 unspecified atom stereocenters. The summed E-state index contributed by atoms with van der Waals surface area (Å²) in [5.74, 6) is 0. The molecule has 0 spiro atoms. The summed E-state index contributed by atoms with van der Waals surface area (Å²) in [6.07, 6.45) is 0. The van der Waals surface area contributed by atoms with Crippen LogP contribution in [0.25, 0.3) is 16.0 Å². The van der Waals surface area contributed by atoms with Gasteiger partial charge in [-0.1, -0.05) is 0 Å². The molecule has 1 aromatic carbocycles. The predicted molar refractivity (Wildman–Crippen MR) is 85.9 cm³/mol. The van der Waals surface area contributed by atoms with Crippen molar-refractivity contribution in [3.63, 3.8) is 0 Å². The summed E-state index contributed by atoms with van der Waals surface area (Å²) in [6, 6.07) is 7.46. The van der Waals surface area contributed by atoms with E-state index < -0.39 is 8.41 Å². The molecule has 3 nitrogen and oxygen atoms in total. The molecule has 0 radical (unpaired) electrons. The quantitative estimate of drug-likeness (QED) is 0.355. The minimum absolute atomic E-state index is 0. The summed E-state index contributed by atoms with van der Waals surface area (Å²) in [5.41, 5.74) is 0. The van der Waals surface area contributed by atoms with Gasteiger partial charge in [0.2, 0.25) is 8.41 Å². The van der Waals surface area contributed by atoms with Crippen LogP contribution in [-0.4, -0.2) is 50.7 Å². The van der Waals surface area contributed by atoms with Crippen molar-refractivity contribution in [3.8, 4) is 0 Å². The Labute approximate surface area is 139 Å². The van der Waals surface area contributed by atoms with Crippen LogP contribution in [0.2, 0.25) is 13.1 Å². The summed E-state index contributed by atoms with van der Waals surface area (Å²) >= 11 is 0. The SMILES string of the molecule is C[N-]C.C[N-]C.C[N-]C.C[Si](C)(F)[c-]1cccc1.[Hf+4]. The first-order valence-electron chi connectivity index (χ1n) is 5.70.